The van der Waals surface area contributed by atoms with Crippen LogP contribution in [-0.2, 0) is 6.42 Å². The highest BCUT2D eigenvalue weighted by molar-refractivity contribution is 5.82. The van der Waals surface area contributed by atoms with Crippen molar-refractivity contribution in [2.45, 2.75) is 46.1 Å². The van der Waals surface area contributed by atoms with Gasteiger partial charge in [-0.05, 0) is 50.4 Å². The number of pyridine rings is 1. The Labute approximate surface area is 116 Å². The van der Waals surface area contributed by atoms with Gasteiger partial charge in [0.25, 0.3) is 0 Å². The van der Waals surface area contributed by atoms with Crippen LogP contribution in [0.1, 0.15) is 37.9 Å². The average molecular weight is 256 g/mol. The standard InChI is InChI=1S/C17H24N2/c1-4-10-18-15(5-2)12-14-11-13(3)19-17-9-7-6-8-16(14)17/h6-9,11,15,18H,4-5,10,12H2,1-3H3. The van der Waals surface area contributed by atoms with Crippen LogP contribution in [0.4, 0.5) is 0 Å². The monoisotopic (exact) mass is 256 g/mol. The largest absolute Gasteiger partial charge is 0.314 e. The van der Waals surface area contributed by atoms with Crippen molar-refractivity contribution in [3.8, 4) is 0 Å². The second kappa shape index (κ2) is 6.67. The molecular weight excluding hydrogens is 232 g/mol. The molecule has 0 radical (unpaired) electrons. The Kier molecular flexibility index (Phi) is 4.92. The molecule has 1 aromatic heterocycles. The molecule has 2 nitrogen and oxygen atoms in total. The maximum absolute atomic E-state index is 4.61. The van der Waals surface area contributed by atoms with E-state index in [1.54, 1.807) is 0 Å². The Bertz CT molecular complexity index is 534. The summed E-state index contributed by atoms with van der Waals surface area (Å²) in [6.07, 6.45) is 3.43. The third-order valence-electron chi connectivity index (χ3n) is 3.57. The van der Waals surface area contributed by atoms with Gasteiger partial charge in [0, 0.05) is 17.1 Å². The van der Waals surface area contributed by atoms with Crippen LogP contribution in [0.25, 0.3) is 10.9 Å². The summed E-state index contributed by atoms with van der Waals surface area (Å²) in [6, 6.07) is 11.2. The maximum atomic E-state index is 4.61. The number of nitrogens with one attached hydrogen (secondary N) is 1. The van der Waals surface area contributed by atoms with Crippen LogP contribution in [-0.4, -0.2) is 17.6 Å². The van der Waals surface area contributed by atoms with E-state index < -0.39 is 0 Å². The molecule has 0 spiro atoms. The van der Waals surface area contributed by atoms with Gasteiger partial charge in [-0.15, -0.1) is 0 Å². The lowest BCUT2D eigenvalue weighted by Gasteiger charge is -2.18. The van der Waals surface area contributed by atoms with Gasteiger partial charge < -0.3 is 5.32 Å². The minimum atomic E-state index is 0.560. The van der Waals surface area contributed by atoms with E-state index in [1.807, 2.05) is 0 Å². The molecule has 1 aromatic carbocycles. The van der Waals surface area contributed by atoms with Crippen molar-refractivity contribution in [1.29, 1.82) is 0 Å². The van der Waals surface area contributed by atoms with E-state index in [0.717, 1.165) is 30.6 Å². The Morgan fingerprint density at radius 3 is 2.74 bits per heavy atom. The molecule has 102 valence electrons. The number of aryl methyl sites for hydroxylation is 1. The molecule has 2 aromatic rings. The highest BCUT2D eigenvalue weighted by Gasteiger charge is 2.10. The Hall–Kier alpha value is -1.41. The number of nitrogens with zero attached hydrogens (tertiary/aromatic N) is 1. The summed E-state index contributed by atoms with van der Waals surface area (Å²) in [7, 11) is 0. The summed E-state index contributed by atoms with van der Waals surface area (Å²) in [6.45, 7) is 7.64. The fraction of sp³-hybridized carbons (Fsp3) is 0.471. The van der Waals surface area contributed by atoms with Crippen molar-refractivity contribution >= 4 is 10.9 Å². The Morgan fingerprint density at radius 1 is 1.21 bits per heavy atom. The van der Waals surface area contributed by atoms with Gasteiger partial charge in [-0.25, -0.2) is 0 Å². The lowest BCUT2D eigenvalue weighted by Crippen LogP contribution is -2.31. The molecule has 1 heterocycles. The van der Waals surface area contributed by atoms with Gasteiger partial charge in [0.15, 0.2) is 0 Å². The molecule has 0 saturated heterocycles. The van der Waals surface area contributed by atoms with Gasteiger partial charge in [0.1, 0.15) is 0 Å². The van der Waals surface area contributed by atoms with Crippen LogP contribution in [0.5, 0.6) is 0 Å². The van der Waals surface area contributed by atoms with Crippen molar-refractivity contribution in [1.82, 2.24) is 10.3 Å². The lowest BCUT2D eigenvalue weighted by molar-refractivity contribution is 0.495. The van der Waals surface area contributed by atoms with E-state index >= 15 is 0 Å². The molecule has 1 N–H and O–H groups in total. The van der Waals surface area contributed by atoms with Crippen molar-refractivity contribution in [2.24, 2.45) is 0 Å². The molecule has 0 amide bonds. The highest BCUT2D eigenvalue weighted by atomic mass is 14.9. The minimum absolute atomic E-state index is 0.560. The Balaban J connectivity index is 2.28. The van der Waals surface area contributed by atoms with Crippen molar-refractivity contribution in [3.05, 3.63) is 41.6 Å². The van der Waals surface area contributed by atoms with Gasteiger partial charge in [0.2, 0.25) is 0 Å². The van der Waals surface area contributed by atoms with E-state index in [-0.39, 0.29) is 0 Å². The predicted molar refractivity (Wildman–Crippen MR) is 82.6 cm³/mol. The van der Waals surface area contributed by atoms with Gasteiger partial charge in [-0.1, -0.05) is 32.0 Å². The van der Waals surface area contributed by atoms with E-state index in [4.69, 9.17) is 0 Å². The van der Waals surface area contributed by atoms with E-state index in [1.165, 1.54) is 17.4 Å². The second-order valence-corrected chi connectivity index (χ2v) is 5.20. The first-order valence-corrected chi connectivity index (χ1v) is 7.33. The van der Waals surface area contributed by atoms with Crippen LogP contribution in [0.2, 0.25) is 0 Å². The number of rotatable bonds is 6. The summed E-state index contributed by atoms with van der Waals surface area (Å²) < 4.78 is 0. The van der Waals surface area contributed by atoms with Crippen LogP contribution in [0, 0.1) is 6.92 Å². The van der Waals surface area contributed by atoms with Gasteiger partial charge in [-0.3, -0.25) is 4.98 Å². The van der Waals surface area contributed by atoms with E-state index in [2.05, 4.69) is 61.4 Å². The zero-order valence-corrected chi connectivity index (χ0v) is 12.2. The normalized spacial score (nSPS) is 12.8. The molecular formula is C17H24N2. The molecule has 0 aliphatic rings. The second-order valence-electron chi connectivity index (χ2n) is 5.20. The van der Waals surface area contributed by atoms with Crippen molar-refractivity contribution in [2.75, 3.05) is 6.54 Å². The predicted octanol–water partition coefficient (Wildman–Crippen LogP) is 3.86. The molecule has 0 bridgehead atoms. The first-order valence-electron chi connectivity index (χ1n) is 7.33. The lowest BCUT2D eigenvalue weighted by atomic mass is 9.99. The summed E-state index contributed by atoms with van der Waals surface area (Å²) in [5, 5.41) is 4.93. The number of fused-ring (bicyclic) bond motifs is 1. The van der Waals surface area contributed by atoms with Crippen LogP contribution >= 0.6 is 0 Å². The zero-order chi connectivity index (χ0) is 13.7. The fourth-order valence-electron chi connectivity index (χ4n) is 2.54. The van der Waals surface area contributed by atoms with Crippen LogP contribution in [0.3, 0.4) is 0 Å². The van der Waals surface area contributed by atoms with E-state index in [0.29, 0.717) is 6.04 Å². The first kappa shape index (κ1) is 14.0. The van der Waals surface area contributed by atoms with Crippen LogP contribution < -0.4 is 5.32 Å². The summed E-state index contributed by atoms with van der Waals surface area (Å²) in [4.78, 5) is 4.61. The quantitative estimate of drug-likeness (QED) is 0.849. The molecule has 19 heavy (non-hydrogen) atoms. The topological polar surface area (TPSA) is 24.9 Å². The summed E-state index contributed by atoms with van der Waals surface area (Å²) in [5.41, 5.74) is 3.64. The Morgan fingerprint density at radius 2 is 2.00 bits per heavy atom. The first-order chi connectivity index (χ1) is 9.24. The smallest absolute Gasteiger partial charge is 0.0707 e. The molecule has 0 saturated carbocycles. The number of hydrogen-bond acceptors (Lipinski definition) is 2. The number of benzene rings is 1. The SMILES string of the molecule is CCCNC(CC)Cc1cc(C)nc2ccccc12. The van der Waals surface area contributed by atoms with Crippen molar-refractivity contribution in [3.63, 3.8) is 0 Å². The number of hydrogen-bond donors (Lipinski definition) is 1. The highest BCUT2D eigenvalue weighted by Crippen LogP contribution is 2.20. The molecule has 2 rings (SSSR count). The van der Waals surface area contributed by atoms with E-state index in [9.17, 15) is 0 Å². The molecule has 1 atom stereocenters. The number of aromatic nitrogens is 1. The van der Waals surface area contributed by atoms with Crippen LogP contribution in [0.15, 0.2) is 30.3 Å². The van der Waals surface area contributed by atoms with Gasteiger partial charge in [-0.2, -0.15) is 0 Å². The van der Waals surface area contributed by atoms with Gasteiger partial charge in [0.05, 0.1) is 5.52 Å². The van der Waals surface area contributed by atoms with Crippen molar-refractivity contribution < 1.29 is 0 Å². The van der Waals surface area contributed by atoms with Gasteiger partial charge >= 0.3 is 0 Å². The molecule has 2 heteroatoms. The third-order valence-corrected chi connectivity index (χ3v) is 3.57. The zero-order valence-electron chi connectivity index (χ0n) is 12.2. The summed E-state index contributed by atoms with van der Waals surface area (Å²) in [5.74, 6) is 0. The fourth-order valence-corrected chi connectivity index (χ4v) is 2.54. The number of para-hydroxylation sites is 1. The summed E-state index contributed by atoms with van der Waals surface area (Å²) >= 11 is 0. The minimum Gasteiger partial charge on any atom is -0.314 e. The third kappa shape index (κ3) is 3.54. The molecule has 0 aliphatic carbocycles. The average Bonchev–Trinajstić information content (AvgIpc) is 2.43. The molecule has 0 aliphatic heterocycles. The molecule has 1 unspecified atom stereocenters. The maximum Gasteiger partial charge on any atom is 0.0707 e. The molecule has 0 fully saturated rings.